The Labute approximate surface area is 39.5 Å². The van der Waals surface area contributed by atoms with E-state index in [2.05, 4.69) is 14.9 Å². The lowest BCUT2D eigenvalue weighted by Crippen LogP contribution is -2.02. The molecule has 0 atom stereocenters. The zero-order valence-corrected chi connectivity index (χ0v) is 4.14. The number of hydrogen-bond donors (Lipinski definition) is 2. The maximum Gasteiger partial charge on any atom is 0.343 e. The minimum atomic E-state index is 0.159. The van der Waals surface area contributed by atoms with Crippen LogP contribution >= 0.6 is 0 Å². The lowest BCUT2D eigenvalue weighted by Gasteiger charge is -1.91. The molecule has 0 fully saturated rings. The molecule has 0 aliphatic rings. The van der Waals surface area contributed by atoms with Gasteiger partial charge in [-0.15, -0.1) is 0 Å². The predicted molar refractivity (Wildman–Crippen MR) is 23.3 cm³/mol. The molecule has 0 unspecified atom stereocenters. The molecule has 3 nitrogen and oxygen atoms in total. The molecule has 4 heteroatoms. The first-order valence-corrected chi connectivity index (χ1v) is 1.73. The first-order chi connectivity index (χ1) is 2.81. The molecule has 0 aromatic rings. The third-order valence-corrected chi connectivity index (χ3v) is 0.518. The first-order valence-electron chi connectivity index (χ1n) is 1.32. The summed E-state index contributed by atoms with van der Waals surface area (Å²) in [5, 5.41) is 0. The molecule has 0 aliphatic heterocycles. The molecule has 0 aromatic heterocycles. The average Bonchev–Trinajstić information content (AvgIpc) is 1.65. The highest BCUT2D eigenvalue weighted by molar-refractivity contribution is 5.98. The fraction of sp³-hybridized carbons (Fsp3) is 0. The van der Waals surface area contributed by atoms with Gasteiger partial charge in [0.1, 0.15) is 0 Å². The van der Waals surface area contributed by atoms with Gasteiger partial charge in [-0.2, -0.15) is 0 Å². The highest BCUT2D eigenvalue weighted by Crippen LogP contribution is 1.71. The molecule has 0 aromatic carbocycles. The zero-order chi connectivity index (χ0) is 4.99. The monoisotopic (exact) mass is 101 g/mol. The lowest BCUT2D eigenvalue weighted by molar-refractivity contribution is 0.461. The van der Waals surface area contributed by atoms with E-state index in [4.69, 9.17) is 11.5 Å². The van der Waals surface area contributed by atoms with E-state index in [9.17, 15) is 0 Å². The van der Waals surface area contributed by atoms with Crippen LogP contribution in [0.1, 0.15) is 0 Å². The topological polar surface area (TPSA) is 61.3 Å². The van der Waals surface area contributed by atoms with Crippen LogP contribution in [0.3, 0.4) is 0 Å². The number of rotatable bonds is 1. The molecule has 0 bridgehead atoms. The van der Waals surface area contributed by atoms with E-state index in [0.29, 0.717) is 0 Å². The van der Waals surface area contributed by atoms with Crippen molar-refractivity contribution in [3.8, 4) is 0 Å². The summed E-state index contributed by atoms with van der Waals surface area (Å²) in [6.07, 6.45) is 1.15. The van der Waals surface area contributed by atoms with Crippen LogP contribution in [0.2, 0.25) is 0 Å². The zero-order valence-electron chi connectivity index (χ0n) is 3.14. The van der Waals surface area contributed by atoms with E-state index in [1.165, 1.54) is 0 Å². The summed E-state index contributed by atoms with van der Waals surface area (Å²) in [6, 6.07) is 0. The van der Waals surface area contributed by atoms with E-state index in [0.717, 1.165) is 6.20 Å². The van der Waals surface area contributed by atoms with Gasteiger partial charge in [-0.05, 0) is 0 Å². The molecule has 33 valence electrons. The van der Waals surface area contributed by atoms with Crippen molar-refractivity contribution < 1.29 is 4.43 Å². The van der Waals surface area contributed by atoms with Gasteiger partial charge in [0.15, 0.2) is 5.88 Å². The fourth-order valence-corrected chi connectivity index (χ4v) is 0.102. The summed E-state index contributed by atoms with van der Waals surface area (Å²) in [5.41, 5.74) is 9.78. The van der Waals surface area contributed by atoms with Crippen molar-refractivity contribution in [2.24, 2.45) is 11.5 Å². The second-order valence-electron chi connectivity index (χ2n) is 0.671. The number of nitrogens with two attached hydrogens (primary N) is 2. The van der Waals surface area contributed by atoms with Gasteiger partial charge in [-0.1, -0.05) is 0 Å². The minimum absolute atomic E-state index is 0.159. The molecule has 0 rings (SSSR count). The first kappa shape index (κ1) is 5.36. The fourth-order valence-electron chi connectivity index (χ4n) is 0.0340. The Morgan fingerprint density at radius 2 is 2.33 bits per heavy atom. The smallest absolute Gasteiger partial charge is 0.343 e. The van der Waals surface area contributed by atoms with Crippen LogP contribution in [0, 0.1) is 0 Å². The molecule has 0 aliphatic carbocycles. The summed E-state index contributed by atoms with van der Waals surface area (Å²) in [4.78, 5) is 0. The van der Waals surface area contributed by atoms with Gasteiger partial charge in [0.2, 0.25) is 0 Å². The molecular weight excluding hydrogens is 96.1 g/mol. The molecule has 0 spiro atoms. The Kier molecular flexibility index (Phi) is 2.31. The second-order valence-corrected chi connectivity index (χ2v) is 0.875. The van der Waals surface area contributed by atoms with E-state index >= 15 is 0 Å². The standard InChI is InChI=1S/C2H5N2OSi/c3-1-2(4)5-6/h1H,3-4H2/b2-1-. The lowest BCUT2D eigenvalue weighted by atomic mass is 10.9. The van der Waals surface area contributed by atoms with Crippen LogP contribution < -0.4 is 11.5 Å². The maximum atomic E-state index is 4.94. The second kappa shape index (κ2) is 2.59. The van der Waals surface area contributed by atoms with Crippen molar-refractivity contribution >= 4 is 10.5 Å². The Hall–Kier alpha value is -0.643. The summed E-state index contributed by atoms with van der Waals surface area (Å²) >= 11 is 0. The van der Waals surface area contributed by atoms with Gasteiger partial charge in [0.25, 0.3) is 0 Å². The summed E-state index contributed by atoms with van der Waals surface area (Å²) < 4.78 is 4.22. The Morgan fingerprint density at radius 3 is 2.33 bits per heavy atom. The van der Waals surface area contributed by atoms with Gasteiger partial charge in [-0.3, -0.25) is 0 Å². The summed E-state index contributed by atoms with van der Waals surface area (Å²) in [6.45, 7) is 0. The summed E-state index contributed by atoms with van der Waals surface area (Å²) in [7, 11) is 2.64. The van der Waals surface area contributed by atoms with E-state index in [1.54, 1.807) is 0 Å². The van der Waals surface area contributed by atoms with E-state index < -0.39 is 0 Å². The molecular formula is C2H5N2OSi. The minimum Gasteiger partial charge on any atom is -0.528 e. The van der Waals surface area contributed by atoms with Crippen molar-refractivity contribution in [1.29, 1.82) is 0 Å². The molecule has 0 saturated carbocycles. The van der Waals surface area contributed by atoms with Crippen LogP contribution in [0.15, 0.2) is 12.1 Å². The predicted octanol–water partition coefficient (Wildman–Crippen LogP) is -1.20. The number of hydrogen-bond acceptors (Lipinski definition) is 3. The Balaban J connectivity index is 3.22. The van der Waals surface area contributed by atoms with Crippen LogP contribution in [-0.2, 0) is 4.43 Å². The van der Waals surface area contributed by atoms with Gasteiger partial charge < -0.3 is 15.9 Å². The highest BCUT2D eigenvalue weighted by Gasteiger charge is 1.73. The normalized spacial score (nSPS) is 11.2. The summed E-state index contributed by atoms with van der Waals surface area (Å²) in [5.74, 6) is 0.159. The van der Waals surface area contributed by atoms with Crippen LogP contribution in [0.25, 0.3) is 0 Å². The van der Waals surface area contributed by atoms with E-state index in [-0.39, 0.29) is 5.88 Å². The Morgan fingerprint density at radius 1 is 1.83 bits per heavy atom. The average molecular weight is 101 g/mol. The van der Waals surface area contributed by atoms with Crippen molar-refractivity contribution in [2.45, 2.75) is 0 Å². The van der Waals surface area contributed by atoms with Crippen molar-refractivity contribution in [3.05, 3.63) is 12.1 Å². The molecule has 3 radical (unpaired) electrons. The largest absolute Gasteiger partial charge is 0.528 e. The molecule has 4 N–H and O–H groups in total. The van der Waals surface area contributed by atoms with Crippen molar-refractivity contribution in [1.82, 2.24) is 0 Å². The van der Waals surface area contributed by atoms with Gasteiger partial charge in [0.05, 0.1) is 6.20 Å². The maximum absolute atomic E-state index is 4.94. The Bertz CT molecular complexity index is 62.6. The molecule has 0 heterocycles. The van der Waals surface area contributed by atoms with Gasteiger partial charge in [-0.25, -0.2) is 0 Å². The van der Waals surface area contributed by atoms with Gasteiger partial charge >= 0.3 is 10.5 Å². The van der Waals surface area contributed by atoms with Crippen molar-refractivity contribution in [2.75, 3.05) is 0 Å². The van der Waals surface area contributed by atoms with Crippen LogP contribution in [-0.4, -0.2) is 10.5 Å². The molecule has 6 heavy (non-hydrogen) atoms. The third kappa shape index (κ3) is 1.65. The van der Waals surface area contributed by atoms with Crippen LogP contribution in [0.4, 0.5) is 0 Å². The third-order valence-electron chi connectivity index (χ3n) is 0.282. The highest BCUT2D eigenvalue weighted by atomic mass is 28.2. The van der Waals surface area contributed by atoms with E-state index in [1.807, 2.05) is 0 Å². The molecule has 0 saturated heterocycles. The SMILES string of the molecule is N/C=C(/N)O[Si]. The molecule has 0 amide bonds. The van der Waals surface area contributed by atoms with Crippen molar-refractivity contribution in [3.63, 3.8) is 0 Å². The van der Waals surface area contributed by atoms with Gasteiger partial charge in [0, 0.05) is 0 Å². The quantitative estimate of drug-likeness (QED) is 0.322. The van der Waals surface area contributed by atoms with Crippen LogP contribution in [0.5, 0.6) is 0 Å².